The maximum absolute atomic E-state index is 7.71. The minimum atomic E-state index is 0.610. The number of hydrogen-bond acceptors (Lipinski definition) is 3. The molecule has 37 heavy (non-hydrogen) atoms. The third kappa shape index (κ3) is 3.25. The molecule has 0 saturated heterocycles. The molecule has 0 aliphatic carbocycles. The second-order valence-electron chi connectivity index (χ2n) is 9.18. The molecule has 5 aromatic carbocycles. The van der Waals surface area contributed by atoms with E-state index in [1.54, 1.807) is 0 Å². The third-order valence-corrected chi connectivity index (χ3v) is 7.07. The van der Waals surface area contributed by atoms with Crippen LogP contribution in [0.3, 0.4) is 0 Å². The number of fused-ring (bicyclic) bond motifs is 5. The van der Waals surface area contributed by atoms with Gasteiger partial charge in [-0.1, -0.05) is 48.5 Å². The highest BCUT2D eigenvalue weighted by molar-refractivity contribution is 6.18. The molecule has 3 N–H and O–H groups in total. The molecule has 0 aliphatic heterocycles. The average Bonchev–Trinajstić information content (AvgIpc) is 3.53. The molecule has 176 valence electrons. The first kappa shape index (κ1) is 21.1. The SMILES string of the molecule is N=Cc1cc(-c2ccc3c(c2)c2ccc4c(cnn4-c4ccccc4)c2n3-c2ccccc2)ccc1N. The fourth-order valence-corrected chi connectivity index (χ4v) is 5.29. The lowest BCUT2D eigenvalue weighted by molar-refractivity contribution is 0.911. The summed E-state index contributed by atoms with van der Waals surface area (Å²) < 4.78 is 4.33. The van der Waals surface area contributed by atoms with E-state index in [-0.39, 0.29) is 0 Å². The first-order chi connectivity index (χ1) is 18.2. The molecule has 0 aliphatic rings. The van der Waals surface area contributed by atoms with Gasteiger partial charge in [-0.2, -0.15) is 5.10 Å². The zero-order chi connectivity index (χ0) is 24.9. The fraction of sp³-hybridized carbons (Fsp3) is 0. The van der Waals surface area contributed by atoms with Gasteiger partial charge in [-0.15, -0.1) is 0 Å². The van der Waals surface area contributed by atoms with Crippen molar-refractivity contribution in [1.82, 2.24) is 14.3 Å². The van der Waals surface area contributed by atoms with Crippen molar-refractivity contribution in [2.24, 2.45) is 0 Å². The number of nitrogens with one attached hydrogen (secondary N) is 1. The average molecular weight is 478 g/mol. The lowest BCUT2D eigenvalue weighted by Crippen LogP contribution is -1.96. The van der Waals surface area contributed by atoms with Crippen LogP contribution in [0.4, 0.5) is 5.69 Å². The van der Waals surface area contributed by atoms with Gasteiger partial charge in [0.1, 0.15) is 0 Å². The first-order valence-corrected chi connectivity index (χ1v) is 12.2. The van der Waals surface area contributed by atoms with Crippen LogP contribution >= 0.6 is 0 Å². The van der Waals surface area contributed by atoms with E-state index < -0.39 is 0 Å². The molecule has 0 fully saturated rings. The van der Waals surface area contributed by atoms with Gasteiger partial charge in [-0.25, -0.2) is 4.68 Å². The number of nitrogen functional groups attached to an aromatic ring is 1. The van der Waals surface area contributed by atoms with Gasteiger partial charge < -0.3 is 15.7 Å². The van der Waals surface area contributed by atoms with E-state index in [1.165, 1.54) is 17.0 Å². The highest BCUT2D eigenvalue weighted by Crippen LogP contribution is 2.39. The predicted molar refractivity (Wildman–Crippen MR) is 153 cm³/mol. The Morgan fingerprint density at radius 3 is 2.08 bits per heavy atom. The summed E-state index contributed by atoms with van der Waals surface area (Å²) in [6.07, 6.45) is 3.28. The number of para-hydroxylation sites is 2. The van der Waals surface area contributed by atoms with E-state index in [0.29, 0.717) is 5.69 Å². The maximum atomic E-state index is 7.71. The molecule has 7 aromatic rings. The van der Waals surface area contributed by atoms with Crippen molar-refractivity contribution >= 4 is 44.6 Å². The van der Waals surface area contributed by atoms with Gasteiger partial charge in [0, 0.05) is 39.3 Å². The Bertz CT molecular complexity index is 1950. The largest absolute Gasteiger partial charge is 0.398 e. The smallest absolute Gasteiger partial charge is 0.0762 e. The topological polar surface area (TPSA) is 72.6 Å². The number of aromatic nitrogens is 3. The van der Waals surface area contributed by atoms with Gasteiger partial charge >= 0.3 is 0 Å². The van der Waals surface area contributed by atoms with Gasteiger partial charge in [0.2, 0.25) is 0 Å². The predicted octanol–water partition coefficient (Wildman–Crippen LogP) is 7.37. The number of anilines is 1. The Morgan fingerprint density at radius 2 is 1.32 bits per heavy atom. The van der Waals surface area contributed by atoms with Crippen LogP contribution in [0.2, 0.25) is 0 Å². The Hall–Kier alpha value is -5.16. The lowest BCUT2D eigenvalue weighted by atomic mass is 10.00. The van der Waals surface area contributed by atoms with E-state index in [0.717, 1.165) is 50.0 Å². The fourth-order valence-electron chi connectivity index (χ4n) is 5.29. The summed E-state index contributed by atoms with van der Waals surface area (Å²) in [6.45, 7) is 0. The molecule has 0 spiro atoms. The second-order valence-corrected chi connectivity index (χ2v) is 9.18. The van der Waals surface area contributed by atoms with Gasteiger partial charge in [-0.05, 0) is 71.8 Å². The summed E-state index contributed by atoms with van der Waals surface area (Å²) in [4.78, 5) is 0. The maximum Gasteiger partial charge on any atom is 0.0762 e. The Kier molecular flexibility index (Phi) is 4.69. The summed E-state index contributed by atoms with van der Waals surface area (Å²) in [7, 11) is 0. The molecule has 5 nitrogen and oxygen atoms in total. The van der Waals surface area contributed by atoms with Gasteiger partial charge in [-0.3, -0.25) is 0 Å². The number of hydrogen-bond donors (Lipinski definition) is 2. The number of nitrogens with two attached hydrogens (primary N) is 1. The Balaban J connectivity index is 1.55. The van der Waals surface area contributed by atoms with Crippen LogP contribution < -0.4 is 5.73 Å². The zero-order valence-corrected chi connectivity index (χ0v) is 20.0. The Morgan fingerprint density at radius 1 is 0.649 bits per heavy atom. The van der Waals surface area contributed by atoms with Crippen LogP contribution in [-0.4, -0.2) is 20.6 Å². The molecule has 0 unspecified atom stereocenters. The van der Waals surface area contributed by atoms with Crippen LogP contribution in [0.15, 0.2) is 115 Å². The van der Waals surface area contributed by atoms with Crippen molar-refractivity contribution in [1.29, 1.82) is 5.41 Å². The van der Waals surface area contributed by atoms with Crippen molar-refractivity contribution < 1.29 is 0 Å². The molecule has 0 amide bonds. The molecule has 7 rings (SSSR count). The van der Waals surface area contributed by atoms with E-state index in [9.17, 15) is 0 Å². The second kappa shape index (κ2) is 8.21. The lowest BCUT2D eigenvalue weighted by Gasteiger charge is -2.09. The van der Waals surface area contributed by atoms with Crippen molar-refractivity contribution in [2.75, 3.05) is 5.73 Å². The molecule has 0 atom stereocenters. The van der Waals surface area contributed by atoms with Crippen LogP contribution in [0.25, 0.3) is 55.2 Å². The quantitative estimate of drug-likeness (QED) is 0.205. The van der Waals surface area contributed by atoms with Crippen molar-refractivity contribution in [3.63, 3.8) is 0 Å². The first-order valence-electron chi connectivity index (χ1n) is 12.2. The molecule has 0 radical (unpaired) electrons. The standard InChI is InChI=1S/C32H23N5/c33-19-23-17-21(11-14-29(23)34)22-12-15-30-27(18-22)26-13-16-31-28(20-35-37(31)25-9-5-2-6-10-25)32(26)36(30)24-7-3-1-4-8-24/h1-20,33H,34H2. The van der Waals surface area contributed by atoms with Crippen molar-refractivity contribution in [2.45, 2.75) is 0 Å². The highest BCUT2D eigenvalue weighted by Gasteiger charge is 2.18. The minimum absolute atomic E-state index is 0.610. The van der Waals surface area contributed by atoms with Crippen molar-refractivity contribution in [3.8, 4) is 22.5 Å². The van der Waals surface area contributed by atoms with Crippen LogP contribution in [-0.2, 0) is 0 Å². The molecular weight excluding hydrogens is 454 g/mol. The van der Waals surface area contributed by atoms with Gasteiger partial charge in [0.15, 0.2) is 0 Å². The normalized spacial score (nSPS) is 11.5. The summed E-state index contributed by atoms with van der Waals surface area (Å²) in [5.41, 5.74) is 15.0. The monoisotopic (exact) mass is 477 g/mol. The van der Waals surface area contributed by atoms with E-state index in [1.807, 2.05) is 53.3 Å². The summed E-state index contributed by atoms with van der Waals surface area (Å²) in [6, 6.07) is 37.5. The summed E-state index contributed by atoms with van der Waals surface area (Å²) >= 11 is 0. The van der Waals surface area contributed by atoms with Gasteiger partial charge in [0.25, 0.3) is 0 Å². The minimum Gasteiger partial charge on any atom is -0.398 e. The molecular formula is C32H23N5. The summed E-state index contributed by atoms with van der Waals surface area (Å²) in [5, 5.41) is 15.9. The molecule has 5 heteroatoms. The molecule has 0 saturated carbocycles. The molecule has 2 heterocycles. The van der Waals surface area contributed by atoms with E-state index in [2.05, 4.69) is 71.3 Å². The number of benzene rings is 5. The third-order valence-electron chi connectivity index (χ3n) is 7.07. The molecule has 2 aromatic heterocycles. The number of rotatable bonds is 4. The van der Waals surface area contributed by atoms with E-state index >= 15 is 0 Å². The van der Waals surface area contributed by atoms with Crippen molar-refractivity contribution in [3.05, 3.63) is 121 Å². The number of nitrogens with zero attached hydrogens (tertiary/aromatic N) is 3. The zero-order valence-electron chi connectivity index (χ0n) is 20.0. The van der Waals surface area contributed by atoms with Crippen LogP contribution in [0, 0.1) is 5.41 Å². The van der Waals surface area contributed by atoms with E-state index in [4.69, 9.17) is 16.2 Å². The highest BCUT2D eigenvalue weighted by atomic mass is 15.3. The van der Waals surface area contributed by atoms with Crippen LogP contribution in [0.1, 0.15) is 5.56 Å². The summed E-state index contributed by atoms with van der Waals surface area (Å²) in [5.74, 6) is 0. The van der Waals surface area contributed by atoms with Crippen LogP contribution in [0.5, 0.6) is 0 Å². The molecule has 0 bridgehead atoms. The van der Waals surface area contributed by atoms with Gasteiger partial charge in [0.05, 0.1) is 28.4 Å². The Labute approximate surface area is 213 Å².